The minimum atomic E-state index is -1.90. The number of benzene rings is 2. The molecular formula is C17H14Cl5N3O2S. The van der Waals surface area contributed by atoms with E-state index in [-0.39, 0.29) is 5.11 Å². The fraction of sp³-hybridized carbons (Fsp3) is 0.176. The van der Waals surface area contributed by atoms with Crippen molar-refractivity contribution in [3.63, 3.8) is 0 Å². The predicted octanol–water partition coefficient (Wildman–Crippen LogP) is 5.41. The van der Waals surface area contributed by atoms with Crippen LogP contribution in [0.25, 0.3) is 0 Å². The SMILES string of the molecule is COc1cccc(C(=O)N[C@@H](NC(=S)Nc2ccc(Cl)cc2Cl)C(Cl)(Cl)Cl)c1. The number of thiocarbonyl (C=S) groups is 1. The van der Waals surface area contributed by atoms with Gasteiger partial charge in [-0.25, -0.2) is 0 Å². The number of ether oxygens (including phenoxy) is 1. The summed E-state index contributed by atoms with van der Waals surface area (Å²) in [5.41, 5.74) is 0.811. The van der Waals surface area contributed by atoms with Gasteiger partial charge in [-0.05, 0) is 48.6 Å². The van der Waals surface area contributed by atoms with Crippen LogP contribution in [0, 0.1) is 0 Å². The maximum atomic E-state index is 12.5. The zero-order valence-electron chi connectivity index (χ0n) is 14.2. The Balaban J connectivity index is 2.10. The van der Waals surface area contributed by atoms with Crippen LogP contribution in [0.5, 0.6) is 5.75 Å². The number of nitrogens with one attached hydrogen (secondary N) is 3. The summed E-state index contributed by atoms with van der Waals surface area (Å²) in [6.07, 6.45) is -1.14. The zero-order chi connectivity index (χ0) is 20.9. The van der Waals surface area contributed by atoms with E-state index in [9.17, 15) is 4.79 Å². The number of hydrogen-bond acceptors (Lipinski definition) is 3. The van der Waals surface area contributed by atoms with Crippen molar-refractivity contribution in [1.29, 1.82) is 0 Å². The number of anilines is 1. The van der Waals surface area contributed by atoms with Crippen molar-refractivity contribution < 1.29 is 9.53 Å². The first-order valence-corrected chi connectivity index (χ1v) is 9.94. The zero-order valence-corrected chi connectivity index (χ0v) is 18.8. The molecule has 0 saturated heterocycles. The number of rotatable bonds is 5. The van der Waals surface area contributed by atoms with Crippen LogP contribution in [-0.2, 0) is 0 Å². The summed E-state index contributed by atoms with van der Waals surface area (Å²) in [5, 5.41) is 9.08. The minimum Gasteiger partial charge on any atom is -0.497 e. The predicted molar refractivity (Wildman–Crippen MR) is 120 cm³/mol. The van der Waals surface area contributed by atoms with Gasteiger partial charge in [0.2, 0.25) is 3.79 Å². The molecule has 0 heterocycles. The summed E-state index contributed by atoms with van der Waals surface area (Å²) < 4.78 is 3.20. The van der Waals surface area contributed by atoms with E-state index in [1.165, 1.54) is 7.11 Å². The Morgan fingerprint density at radius 2 is 1.82 bits per heavy atom. The van der Waals surface area contributed by atoms with Crippen LogP contribution in [0.3, 0.4) is 0 Å². The van der Waals surface area contributed by atoms with Crippen LogP contribution < -0.4 is 20.7 Å². The molecule has 0 unspecified atom stereocenters. The van der Waals surface area contributed by atoms with Crippen LogP contribution in [0.4, 0.5) is 5.69 Å². The summed E-state index contributed by atoms with van der Waals surface area (Å²) in [6, 6.07) is 11.3. The highest BCUT2D eigenvalue weighted by molar-refractivity contribution is 7.80. The average Bonchev–Trinajstić information content (AvgIpc) is 2.62. The number of halogens is 5. The lowest BCUT2D eigenvalue weighted by Crippen LogP contribution is -2.56. The number of amides is 1. The maximum Gasteiger partial charge on any atom is 0.253 e. The summed E-state index contributed by atoms with van der Waals surface area (Å²) in [5.74, 6) is 0.0238. The highest BCUT2D eigenvalue weighted by Gasteiger charge is 2.35. The van der Waals surface area contributed by atoms with Crippen molar-refractivity contribution in [2.24, 2.45) is 0 Å². The second-order valence-electron chi connectivity index (χ2n) is 5.40. The van der Waals surface area contributed by atoms with Gasteiger partial charge in [-0.3, -0.25) is 4.79 Å². The second kappa shape index (κ2) is 10.1. The van der Waals surface area contributed by atoms with Crippen LogP contribution in [0.15, 0.2) is 42.5 Å². The number of methoxy groups -OCH3 is 1. The van der Waals surface area contributed by atoms with Gasteiger partial charge >= 0.3 is 0 Å². The minimum absolute atomic E-state index is 0.0755. The summed E-state index contributed by atoms with van der Waals surface area (Å²) >= 11 is 35.1. The molecular weight excluding hydrogens is 488 g/mol. The number of alkyl halides is 3. The van der Waals surface area contributed by atoms with E-state index in [2.05, 4.69) is 16.0 Å². The molecule has 0 fully saturated rings. The number of hydrogen-bond donors (Lipinski definition) is 3. The van der Waals surface area contributed by atoms with Crippen LogP contribution >= 0.6 is 70.2 Å². The molecule has 28 heavy (non-hydrogen) atoms. The van der Waals surface area contributed by atoms with Crippen LogP contribution in [-0.4, -0.2) is 28.1 Å². The van der Waals surface area contributed by atoms with Crippen molar-refractivity contribution in [2.45, 2.75) is 9.96 Å². The van der Waals surface area contributed by atoms with Gasteiger partial charge in [-0.15, -0.1) is 0 Å². The first-order valence-electron chi connectivity index (χ1n) is 7.64. The Hall–Kier alpha value is -1.15. The molecule has 2 rings (SSSR count). The van der Waals surface area contributed by atoms with Gasteiger partial charge in [0.05, 0.1) is 17.8 Å². The van der Waals surface area contributed by atoms with Crippen molar-refractivity contribution in [1.82, 2.24) is 10.6 Å². The van der Waals surface area contributed by atoms with E-state index in [1.807, 2.05) is 0 Å². The lowest BCUT2D eigenvalue weighted by molar-refractivity contribution is 0.0934. The third kappa shape index (κ3) is 6.72. The quantitative estimate of drug-likeness (QED) is 0.290. The van der Waals surface area contributed by atoms with Gasteiger partial charge in [0.1, 0.15) is 11.9 Å². The van der Waals surface area contributed by atoms with Crippen molar-refractivity contribution in [3.8, 4) is 5.75 Å². The van der Waals surface area contributed by atoms with Gasteiger partial charge in [0, 0.05) is 10.6 Å². The van der Waals surface area contributed by atoms with Gasteiger partial charge in [0.25, 0.3) is 5.91 Å². The molecule has 5 nitrogen and oxygen atoms in total. The lowest BCUT2D eigenvalue weighted by Gasteiger charge is -2.28. The average molecular weight is 502 g/mol. The number of carbonyl (C=O) groups is 1. The summed E-state index contributed by atoms with van der Waals surface area (Å²) in [4.78, 5) is 12.5. The van der Waals surface area contributed by atoms with Crippen LogP contribution in [0.1, 0.15) is 10.4 Å². The van der Waals surface area contributed by atoms with Crippen molar-refractivity contribution >= 4 is 86.9 Å². The maximum absolute atomic E-state index is 12.5. The van der Waals surface area contributed by atoms with Gasteiger partial charge in [-0.2, -0.15) is 0 Å². The largest absolute Gasteiger partial charge is 0.497 e. The molecule has 0 aliphatic carbocycles. The third-order valence-electron chi connectivity index (χ3n) is 3.39. The molecule has 0 radical (unpaired) electrons. The Bertz CT molecular complexity index is 876. The molecule has 1 atom stereocenters. The Labute approximate surface area is 192 Å². The smallest absolute Gasteiger partial charge is 0.253 e. The Morgan fingerprint density at radius 3 is 2.43 bits per heavy atom. The molecule has 0 aromatic heterocycles. The van der Waals surface area contributed by atoms with Crippen LogP contribution in [0.2, 0.25) is 10.0 Å². The first kappa shape index (κ1) is 23.1. The van der Waals surface area contributed by atoms with E-state index in [1.54, 1.807) is 42.5 Å². The molecule has 2 aromatic carbocycles. The van der Waals surface area contributed by atoms with E-state index in [4.69, 9.17) is 75.0 Å². The first-order chi connectivity index (χ1) is 13.1. The van der Waals surface area contributed by atoms with E-state index in [0.29, 0.717) is 27.0 Å². The molecule has 0 saturated carbocycles. The van der Waals surface area contributed by atoms with Crippen molar-refractivity contribution in [2.75, 3.05) is 12.4 Å². The Morgan fingerprint density at radius 1 is 1.11 bits per heavy atom. The van der Waals surface area contributed by atoms with E-state index in [0.717, 1.165) is 0 Å². The van der Waals surface area contributed by atoms with E-state index < -0.39 is 15.9 Å². The molecule has 1 amide bonds. The molecule has 3 N–H and O–H groups in total. The monoisotopic (exact) mass is 499 g/mol. The summed E-state index contributed by atoms with van der Waals surface area (Å²) in [7, 11) is 1.49. The third-order valence-corrected chi connectivity index (χ3v) is 4.81. The molecule has 0 bridgehead atoms. The van der Waals surface area contributed by atoms with Gasteiger partial charge in [-0.1, -0.05) is 64.1 Å². The standard InChI is InChI=1S/C17H14Cl5N3O2S/c1-27-11-4-2-3-9(7-11)14(26)24-15(17(20,21)22)25-16(28)23-13-6-5-10(18)8-12(13)19/h2-8,15H,1H3,(H,24,26)(H2,23,25,28)/t15-/m0/s1. The molecule has 0 spiro atoms. The van der Waals surface area contributed by atoms with Crippen molar-refractivity contribution in [3.05, 3.63) is 58.1 Å². The highest BCUT2D eigenvalue weighted by Crippen LogP contribution is 2.30. The van der Waals surface area contributed by atoms with Gasteiger partial charge < -0.3 is 20.7 Å². The fourth-order valence-electron chi connectivity index (χ4n) is 2.06. The molecule has 11 heteroatoms. The molecule has 0 aliphatic heterocycles. The lowest BCUT2D eigenvalue weighted by atomic mass is 10.2. The normalized spacial score (nSPS) is 12.1. The van der Waals surface area contributed by atoms with Gasteiger partial charge in [0.15, 0.2) is 5.11 Å². The molecule has 2 aromatic rings. The highest BCUT2D eigenvalue weighted by atomic mass is 35.6. The topological polar surface area (TPSA) is 62.4 Å². The molecule has 0 aliphatic rings. The summed E-state index contributed by atoms with van der Waals surface area (Å²) in [6.45, 7) is 0. The molecule has 150 valence electrons. The van der Waals surface area contributed by atoms with E-state index >= 15 is 0 Å². The Kier molecular flexibility index (Phi) is 8.30. The number of carbonyl (C=O) groups excluding carboxylic acids is 1. The second-order valence-corrected chi connectivity index (χ2v) is 9.02. The fourth-order valence-corrected chi connectivity index (χ4v) is 3.07.